The third-order valence-corrected chi connectivity index (χ3v) is 10.7. The number of aromatic nitrogens is 2. The fraction of sp³-hybridized carbons (Fsp3) is 0.0625. The standard InChI is InChI=1S/C48H34N2/c1-48(2)41-24-11-8-23-39(41)46-40(28-32-17-6-7-20-36(32)47(46)48)34-29-42(31-15-4-3-5-16-31)49-43(30-34)33-18-14-19-35(27-33)50-44-25-12-9-21-37(44)38-22-10-13-26-45(38)50/h3-30H,1-2H3. The van der Waals surface area contributed by atoms with Gasteiger partial charge in [0.05, 0.1) is 22.4 Å². The van der Waals surface area contributed by atoms with Gasteiger partial charge >= 0.3 is 0 Å². The maximum absolute atomic E-state index is 5.37. The molecule has 0 saturated heterocycles. The second-order valence-electron chi connectivity index (χ2n) is 14.0. The number of para-hydroxylation sites is 2. The van der Waals surface area contributed by atoms with Crippen LogP contribution in [-0.4, -0.2) is 9.55 Å². The first-order valence-electron chi connectivity index (χ1n) is 17.4. The number of pyridine rings is 1. The first-order valence-corrected chi connectivity index (χ1v) is 17.4. The van der Waals surface area contributed by atoms with Crippen molar-refractivity contribution in [2.24, 2.45) is 0 Å². The minimum absolute atomic E-state index is 0.129. The molecule has 7 aromatic carbocycles. The van der Waals surface area contributed by atoms with E-state index in [1.54, 1.807) is 0 Å². The molecule has 0 atom stereocenters. The minimum atomic E-state index is -0.129. The zero-order valence-electron chi connectivity index (χ0n) is 28.1. The van der Waals surface area contributed by atoms with E-state index in [1.807, 2.05) is 0 Å². The predicted molar refractivity (Wildman–Crippen MR) is 210 cm³/mol. The number of nitrogens with zero attached hydrogens (tertiary/aromatic N) is 2. The van der Waals surface area contributed by atoms with Crippen LogP contribution in [0.1, 0.15) is 25.0 Å². The Hall–Kier alpha value is -6.25. The zero-order valence-corrected chi connectivity index (χ0v) is 28.1. The van der Waals surface area contributed by atoms with Crippen LogP contribution >= 0.6 is 0 Å². The SMILES string of the molecule is CC1(C)c2ccccc2-c2c(-c3cc(-c4ccccc4)nc(-c4cccc(-n5c6ccccc6c6ccccc65)c4)c3)cc3ccccc3c21. The third-order valence-electron chi connectivity index (χ3n) is 10.7. The van der Waals surface area contributed by atoms with Crippen molar-refractivity contribution >= 4 is 32.6 Å². The second-order valence-corrected chi connectivity index (χ2v) is 14.0. The zero-order chi connectivity index (χ0) is 33.4. The third kappa shape index (κ3) is 4.25. The molecule has 1 aliphatic rings. The Morgan fingerprint density at radius 3 is 1.82 bits per heavy atom. The highest BCUT2D eigenvalue weighted by Crippen LogP contribution is 2.55. The topological polar surface area (TPSA) is 17.8 Å². The average molecular weight is 639 g/mol. The lowest BCUT2D eigenvalue weighted by atomic mass is 9.79. The minimum Gasteiger partial charge on any atom is -0.309 e. The van der Waals surface area contributed by atoms with Gasteiger partial charge in [0.1, 0.15) is 0 Å². The van der Waals surface area contributed by atoms with Gasteiger partial charge < -0.3 is 4.57 Å². The number of hydrogen-bond acceptors (Lipinski definition) is 1. The lowest BCUT2D eigenvalue weighted by Gasteiger charge is -2.24. The molecule has 2 aromatic heterocycles. The van der Waals surface area contributed by atoms with E-state index in [0.717, 1.165) is 28.2 Å². The van der Waals surface area contributed by atoms with Gasteiger partial charge in [0.15, 0.2) is 0 Å². The summed E-state index contributed by atoms with van der Waals surface area (Å²) in [5, 5.41) is 5.10. The van der Waals surface area contributed by atoms with Crippen molar-refractivity contribution < 1.29 is 0 Å². The van der Waals surface area contributed by atoms with Crippen molar-refractivity contribution in [2.75, 3.05) is 0 Å². The van der Waals surface area contributed by atoms with Crippen LogP contribution in [0.2, 0.25) is 0 Å². The summed E-state index contributed by atoms with van der Waals surface area (Å²) in [6, 6.07) is 61.6. The van der Waals surface area contributed by atoms with Gasteiger partial charge in [0, 0.05) is 33.0 Å². The van der Waals surface area contributed by atoms with E-state index in [4.69, 9.17) is 4.98 Å². The molecule has 0 bridgehead atoms. The van der Waals surface area contributed by atoms with E-state index in [1.165, 1.54) is 66.0 Å². The summed E-state index contributed by atoms with van der Waals surface area (Å²) >= 11 is 0. The Morgan fingerprint density at radius 2 is 1.06 bits per heavy atom. The van der Waals surface area contributed by atoms with Crippen LogP contribution in [-0.2, 0) is 5.41 Å². The Kier molecular flexibility index (Phi) is 6.25. The van der Waals surface area contributed by atoms with Crippen molar-refractivity contribution in [3.8, 4) is 50.5 Å². The summed E-state index contributed by atoms with van der Waals surface area (Å²) in [7, 11) is 0. The van der Waals surface area contributed by atoms with E-state index >= 15 is 0 Å². The summed E-state index contributed by atoms with van der Waals surface area (Å²) in [5.74, 6) is 0. The molecule has 236 valence electrons. The molecule has 9 aromatic rings. The summed E-state index contributed by atoms with van der Waals surface area (Å²) in [6.07, 6.45) is 0. The van der Waals surface area contributed by atoms with Crippen LogP contribution in [0.4, 0.5) is 0 Å². The summed E-state index contributed by atoms with van der Waals surface area (Å²) in [5.41, 5.74) is 15.4. The molecule has 0 N–H and O–H groups in total. The predicted octanol–water partition coefficient (Wildman–Crippen LogP) is 12.6. The van der Waals surface area contributed by atoms with Gasteiger partial charge in [0.2, 0.25) is 0 Å². The number of hydrogen-bond donors (Lipinski definition) is 0. The van der Waals surface area contributed by atoms with Gasteiger partial charge in [-0.1, -0.05) is 141 Å². The number of benzene rings is 7. The first-order chi connectivity index (χ1) is 24.6. The van der Waals surface area contributed by atoms with Gasteiger partial charge in [-0.3, -0.25) is 0 Å². The molecule has 2 nitrogen and oxygen atoms in total. The van der Waals surface area contributed by atoms with E-state index in [9.17, 15) is 0 Å². The van der Waals surface area contributed by atoms with Crippen molar-refractivity contribution in [1.29, 1.82) is 0 Å². The molecule has 2 heterocycles. The van der Waals surface area contributed by atoms with Crippen LogP contribution in [0.5, 0.6) is 0 Å². The summed E-state index contributed by atoms with van der Waals surface area (Å²) < 4.78 is 2.38. The van der Waals surface area contributed by atoms with Crippen molar-refractivity contribution in [3.63, 3.8) is 0 Å². The molecule has 0 saturated carbocycles. The Labute approximate surface area is 291 Å². The molecule has 0 unspecified atom stereocenters. The molecule has 10 rings (SSSR count). The fourth-order valence-electron chi connectivity index (χ4n) is 8.48. The van der Waals surface area contributed by atoms with Gasteiger partial charge in [-0.05, 0) is 86.6 Å². The molecule has 50 heavy (non-hydrogen) atoms. The molecule has 0 aliphatic heterocycles. The van der Waals surface area contributed by atoms with Crippen LogP contribution in [0, 0.1) is 0 Å². The maximum Gasteiger partial charge on any atom is 0.0716 e. The quantitative estimate of drug-likeness (QED) is 0.188. The van der Waals surface area contributed by atoms with Crippen molar-refractivity contribution in [1.82, 2.24) is 9.55 Å². The summed E-state index contributed by atoms with van der Waals surface area (Å²) in [6.45, 7) is 4.75. The van der Waals surface area contributed by atoms with E-state index in [2.05, 4.69) is 188 Å². The monoisotopic (exact) mass is 638 g/mol. The highest BCUT2D eigenvalue weighted by atomic mass is 15.0. The lowest BCUT2D eigenvalue weighted by Crippen LogP contribution is -2.15. The maximum atomic E-state index is 5.37. The highest BCUT2D eigenvalue weighted by Gasteiger charge is 2.38. The first kappa shape index (κ1) is 28.7. The van der Waals surface area contributed by atoms with Crippen LogP contribution in [0.3, 0.4) is 0 Å². The molecule has 0 amide bonds. The fourth-order valence-corrected chi connectivity index (χ4v) is 8.48. The number of fused-ring (bicyclic) bond motifs is 8. The van der Waals surface area contributed by atoms with Crippen molar-refractivity contribution in [3.05, 3.63) is 181 Å². The Bertz CT molecular complexity index is 2730. The lowest BCUT2D eigenvalue weighted by molar-refractivity contribution is 0.666. The molecule has 1 aliphatic carbocycles. The van der Waals surface area contributed by atoms with Crippen molar-refractivity contribution in [2.45, 2.75) is 19.3 Å². The van der Waals surface area contributed by atoms with Gasteiger partial charge in [-0.2, -0.15) is 0 Å². The molecule has 2 heteroatoms. The normalized spacial score (nSPS) is 13.2. The Morgan fingerprint density at radius 1 is 0.460 bits per heavy atom. The summed E-state index contributed by atoms with van der Waals surface area (Å²) in [4.78, 5) is 5.37. The molecule has 0 radical (unpaired) electrons. The number of rotatable bonds is 4. The van der Waals surface area contributed by atoms with E-state index in [-0.39, 0.29) is 5.41 Å². The van der Waals surface area contributed by atoms with Gasteiger partial charge in [-0.15, -0.1) is 0 Å². The van der Waals surface area contributed by atoms with Gasteiger partial charge in [0.25, 0.3) is 0 Å². The van der Waals surface area contributed by atoms with E-state index in [0.29, 0.717) is 0 Å². The van der Waals surface area contributed by atoms with Gasteiger partial charge in [-0.25, -0.2) is 4.98 Å². The highest BCUT2D eigenvalue weighted by molar-refractivity contribution is 6.09. The largest absolute Gasteiger partial charge is 0.309 e. The molecule has 0 fully saturated rings. The molecular formula is C48H34N2. The average Bonchev–Trinajstić information content (AvgIpc) is 3.64. The molecule has 0 spiro atoms. The second kappa shape index (κ2) is 10.9. The van der Waals surface area contributed by atoms with Crippen LogP contribution < -0.4 is 0 Å². The Balaban J connectivity index is 1.24. The van der Waals surface area contributed by atoms with Crippen LogP contribution in [0.15, 0.2) is 170 Å². The smallest absolute Gasteiger partial charge is 0.0716 e. The van der Waals surface area contributed by atoms with Crippen LogP contribution in [0.25, 0.3) is 83.0 Å². The molecular weight excluding hydrogens is 605 g/mol. The van der Waals surface area contributed by atoms with E-state index < -0.39 is 0 Å².